The maximum absolute atomic E-state index is 5.34. The largest absolute Gasteiger partial charge is 0.256 e. The minimum absolute atomic E-state index is 0.234. The van der Waals surface area contributed by atoms with Gasteiger partial charge in [0.1, 0.15) is 0 Å². The van der Waals surface area contributed by atoms with E-state index in [9.17, 15) is 0 Å². The Balaban J connectivity index is 1.12. The summed E-state index contributed by atoms with van der Waals surface area (Å²) in [4.78, 5) is 24.9. The van der Waals surface area contributed by atoms with Crippen LogP contribution in [-0.2, 0) is 0 Å². The van der Waals surface area contributed by atoms with Crippen molar-refractivity contribution in [1.82, 2.24) is 24.9 Å². The molecule has 0 fully saturated rings. The Kier molecular flexibility index (Phi) is 10.2. The normalized spacial score (nSPS) is 14.5. The summed E-state index contributed by atoms with van der Waals surface area (Å²) in [7, 11) is 0. The number of benzene rings is 5. The van der Waals surface area contributed by atoms with Gasteiger partial charge in [0.2, 0.25) is 0 Å². The molecule has 5 nitrogen and oxygen atoms in total. The second-order valence-corrected chi connectivity index (χ2v) is 15.2. The number of hydrogen-bond donors (Lipinski definition) is 0. The number of aromatic nitrogens is 5. The first-order chi connectivity index (χ1) is 29.7. The summed E-state index contributed by atoms with van der Waals surface area (Å²) in [5.41, 5.74) is 15.0. The summed E-state index contributed by atoms with van der Waals surface area (Å²) >= 11 is 0. The molecule has 0 aliphatic heterocycles. The van der Waals surface area contributed by atoms with Crippen LogP contribution >= 0.6 is 0 Å². The fourth-order valence-corrected chi connectivity index (χ4v) is 8.03. The Labute approximate surface area is 351 Å². The van der Waals surface area contributed by atoms with E-state index < -0.39 is 0 Å². The molecule has 0 saturated carbocycles. The van der Waals surface area contributed by atoms with E-state index in [1.807, 2.05) is 67.0 Å². The molecule has 5 heteroatoms. The molecule has 2 aliphatic carbocycles. The molecule has 2 aliphatic rings. The van der Waals surface area contributed by atoms with Crippen molar-refractivity contribution in [2.24, 2.45) is 0 Å². The molecular formula is C55H41N5. The Morgan fingerprint density at radius 1 is 0.400 bits per heavy atom. The zero-order valence-corrected chi connectivity index (χ0v) is 33.1. The first-order valence-electron chi connectivity index (χ1n) is 20.6. The molecule has 1 atom stereocenters. The first-order valence-corrected chi connectivity index (χ1v) is 20.6. The summed E-state index contributed by atoms with van der Waals surface area (Å²) in [6.07, 6.45) is 22.0. The van der Waals surface area contributed by atoms with Crippen LogP contribution in [0.1, 0.15) is 36.3 Å². The van der Waals surface area contributed by atoms with Crippen molar-refractivity contribution >= 4 is 5.57 Å². The molecule has 0 amide bonds. The predicted molar refractivity (Wildman–Crippen MR) is 245 cm³/mol. The SMILES string of the molecule is C1=CCCC(c2cc(-c3ccc(-c4ccccn4)cc3)cc(-c3nc(-c4ccccc4)nc(-c4cc(-c5ccc(-c6ccccn6)cc5)cc(C5C=CC=CC5)c4)n3)c2)=C1. The summed E-state index contributed by atoms with van der Waals surface area (Å²) in [5, 5.41) is 0. The molecule has 10 rings (SSSR count). The van der Waals surface area contributed by atoms with Gasteiger partial charge >= 0.3 is 0 Å². The Bertz CT molecular complexity index is 2910. The van der Waals surface area contributed by atoms with Gasteiger partial charge in [0.05, 0.1) is 11.4 Å². The zero-order valence-electron chi connectivity index (χ0n) is 33.1. The van der Waals surface area contributed by atoms with Gasteiger partial charge in [0.25, 0.3) is 0 Å². The van der Waals surface area contributed by atoms with Crippen LogP contribution in [0.25, 0.3) is 84.5 Å². The predicted octanol–water partition coefficient (Wildman–Crippen LogP) is 13.7. The molecule has 0 spiro atoms. The molecule has 286 valence electrons. The molecule has 5 aromatic carbocycles. The Morgan fingerprint density at radius 2 is 0.933 bits per heavy atom. The number of rotatable bonds is 9. The van der Waals surface area contributed by atoms with Gasteiger partial charge in [-0.2, -0.15) is 0 Å². The van der Waals surface area contributed by atoms with E-state index in [1.54, 1.807) is 0 Å². The third-order valence-corrected chi connectivity index (χ3v) is 11.2. The van der Waals surface area contributed by atoms with E-state index in [0.717, 1.165) is 80.7 Å². The van der Waals surface area contributed by atoms with Gasteiger partial charge in [-0.25, -0.2) is 15.0 Å². The van der Waals surface area contributed by atoms with Crippen molar-refractivity contribution in [3.63, 3.8) is 0 Å². The molecule has 60 heavy (non-hydrogen) atoms. The third-order valence-electron chi connectivity index (χ3n) is 11.2. The monoisotopic (exact) mass is 771 g/mol. The summed E-state index contributed by atoms with van der Waals surface area (Å²) in [5.74, 6) is 2.13. The zero-order chi connectivity index (χ0) is 40.1. The van der Waals surface area contributed by atoms with E-state index in [0.29, 0.717) is 17.5 Å². The van der Waals surface area contributed by atoms with Gasteiger partial charge in [-0.1, -0.05) is 140 Å². The molecule has 3 aromatic heterocycles. The van der Waals surface area contributed by atoms with Gasteiger partial charge in [-0.3, -0.25) is 9.97 Å². The van der Waals surface area contributed by atoms with Crippen molar-refractivity contribution in [3.8, 4) is 78.9 Å². The number of hydrogen-bond acceptors (Lipinski definition) is 5. The minimum Gasteiger partial charge on any atom is -0.256 e. The lowest BCUT2D eigenvalue weighted by Gasteiger charge is -2.18. The van der Waals surface area contributed by atoms with Crippen molar-refractivity contribution in [3.05, 3.63) is 218 Å². The lowest BCUT2D eigenvalue weighted by molar-refractivity contribution is 0.854. The minimum atomic E-state index is 0.234. The van der Waals surface area contributed by atoms with Crippen LogP contribution in [0.15, 0.2) is 207 Å². The Morgan fingerprint density at radius 3 is 1.50 bits per heavy atom. The lowest BCUT2D eigenvalue weighted by Crippen LogP contribution is -2.03. The van der Waals surface area contributed by atoms with Crippen molar-refractivity contribution in [2.75, 3.05) is 0 Å². The maximum atomic E-state index is 5.34. The quantitative estimate of drug-likeness (QED) is 0.146. The smallest absolute Gasteiger partial charge is 0.164 e. The summed E-state index contributed by atoms with van der Waals surface area (Å²) < 4.78 is 0. The van der Waals surface area contributed by atoms with Crippen LogP contribution in [-0.4, -0.2) is 24.9 Å². The molecule has 0 bridgehead atoms. The van der Waals surface area contributed by atoms with E-state index in [-0.39, 0.29) is 5.92 Å². The standard InChI is InChI=1S/C55H41N5/c1-4-14-38(15-5-1)45-32-47(40-22-26-42(27-23-40)51-20-10-12-30-56-51)36-49(34-45)54-58-53(44-18-8-3-9-19-44)59-55(60-54)50-35-46(39-16-6-2-7-17-39)33-48(37-50)41-24-28-43(29-25-41)52-21-11-13-31-57-52/h1-6,8-14,16,18-38H,7,15,17H2. The molecule has 0 saturated heterocycles. The van der Waals surface area contributed by atoms with Crippen molar-refractivity contribution in [1.29, 1.82) is 0 Å². The molecule has 3 heterocycles. The van der Waals surface area contributed by atoms with Crippen molar-refractivity contribution < 1.29 is 0 Å². The average molecular weight is 772 g/mol. The molecule has 0 radical (unpaired) electrons. The van der Waals surface area contributed by atoms with Crippen LogP contribution < -0.4 is 0 Å². The second-order valence-electron chi connectivity index (χ2n) is 15.2. The van der Waals surface area contributed by atoms with Crippen LogP contribution in [0.2, 0.25) is 0 Å². The topological polar surface area (TPSA) is 64.5 Å². The number of pyridine rings is 2. The highest BCUT2D eigenvalue weighted by molar-refractivity contribution is 5.82. The highest BCUT2D eigenvalue weighted by Gasteiger charge is 2.19. The highest BCUT2D eigenvalue weighted by atomic mass is 15.0. The molecule has 0 N–H and O–H groups in total. The highest BCUT2D eigenvalue weighted by Crippen LogP contribution is 2.37. The summed E-state index contributed by atoms with van der Waals surface area (Å²) in [6, 6.07) is 53.1. The second kappa shape index (κ2) is 16.7. The van der Waals surface area contributed by atoms with Crippen LogP contribution in [0.5, 0.6) is 0 Å². The fraction of sp³-hybridized carbons (Fsp3) is 0.0727. The third kappa shape index (κ3) is 7.94. The van der Waals surface area contributed by atoms with Gasteiger partial charge < -0.3 is 0 Å². The van der Waals surface area contributed by atoms with Gasteiger partial charge in [0.15, 0.2) is 17.5 Å². The van der Waals surface area contributed by atoms with Crippen LogP contribution in [0, 0.1) is 0 Å². The van der Waals surface area contributed by atoms with Gasteiger partial charge in [-0.15, -0.1) is 0 Å². The lowest BCUT2D eigenvalue weighted by atomic mass is 9.88. The molecule has 8 aromatic rings. The fourth-order valence-electron chi connectivity index (χ4n) is 8.03. The van der Waals surface area contributed by atoms with Crippen LogP contribution in [0.3, 0.4) is 0 Å². The van der Waals surface area contributed by atoms with Gasteiger partial charge in [-0.05, 0) is 113 Å². The van der Waals surface area contributed by atoms with E-state index in [2.05, 4.69) is 150 Å². The number of allylic oxidation sites excluding steroid dienone is 8. The molecular weight excluding hydrogens is 731 g/mol. The van der Waals surface area contributed by atoms with E-state index >= 15 is 0 Å². The number of nitrogens with zero attached hydrogens (tertiary/aromatic N) is 5. The average Bonchev–Trinajstić information content (AvgIpc) is 3.35. The van der Waals surface area contributed by atoms with E-state index in [1.165, 1.54) is 16.7 Å². The van der Waals surface area contributed by atoms with Crippen molar-refractivity contribution in [2.45, 2.75) is 25.2 Å². The molecule has 1 unspecified atom stereocenters. The first kappa shape index (κ1) is 36.7. The van der Waals surface area contributed by atoms with Crippen LogP contribution in [0.4, 0.5) is 0 Å². The Hall–Kier alpha value is -7.63. The maximum Gasteiger partial charge on any atom is 0.164 e. The summed E-state index contributed by atoms with van der Waals surface area (Å²) in [6.45, 7) is 0. The van der Waals surface area contributed by atoms with Gasteiger partial charge in [0, 0.05) is 46.1 Å². The van der Waals surface area contributed by atoms with E-state index in [4.69, 9.17) is 15.0 Å².